The van der Waals surface area contributed by atoms with Gasteiger partial charge in [-0.25, -0.2) is 0 Å². The molecule has 3 heterocycles. The van der Waals surface area contributed by atoms with Gasteiger partial charge in [0.15, 0.2) is 0 Å². The molecule has 11 aromatic rings. The molecule has 218 valence electrons. The van der Waals surface area contributed by atoms with Crippen molar-refractivity contribution in [2.45, 2.75) is 0 Å². The molecular formula is C44H24OS2. The fourth-order valence-electron chi connectivity index (χ4n) is 7.78. The van der Waals surface area contributed by atoms with E-state index >= 15 is 0 Å². The summed E-state index contributed by atoms with van der Waals surface area (Å²) in [7, 11) is 0. The Bertz CT molecular complexity index is 3020. The fraction of sp³-hybridized carbons (Fsp3) is 0. The van der Waals surface area contributed by atoms with Gasteiger partial charge in [-0.2, -0.15) is 0 Å². The van der Waals surface area contributed by atoms with E-state index in [9.17, 15) is 0 Å². The van der Waals surface area contributed by atoms with Crippen molar-refractivity contribution in [3.63, 3.8) is 0 Å². The highest BCUT2D eigenvalue weighted by Gasteiger charge is 2.19. The fourth-order valence-corrected chi connectivity index (χ4v) is 10.2. The average Bonchev–Trinajstić information content (AvgIpc) is 3.79. The summed E-state index contributed by atoms with van der Waals surface area (Å²) in [6, 6.07) is 53.5. The first-order valence-corrected chi connectivity index (χ1v) is 17.5. The van der Waals surface area contributed by atoms with E-state index in [1.807, 2.05) is 34.8 Å². The molecule has 0 aliphatic rings. The van der Waals surface area contributed by atoms with E-state index in [2.05, 4.69) is 133 Å². The summed E-state index contributed by atoms with van der Waals surface area (Å²) in [5.41, 5.74) is 6.80. The highest BCUT2D eigenvalue weighted by molar-refractivity contribution is 7.28. The topological polar surface area (TPSA) is 13.1 Å². The molecule has 0 N–H and O–H groups in total. The van der Waals surface area contributed by atoms with Crippen LogP contribution in [-0.4, -0.2) is 0 Å². The minimum Gasteiger partial charge on any atom is -0.456 e. The quantitative estimate of drug-likeness (QED) is 0.173. The van der Waals surface area contributed by atoms with Crippen molar-refractivity contribution in [3.05, 3.63) is 146 Å². The second kappa shape index (κ2) is 9.52. The molecule has 0 radical (unpaired) electrons. The molecule has 8 aromatic carbocycles. The SMILES string of the molecule is c1ccc2c(c1)oc1cc(-c3c4ccccc4c(-c4ccc5c(c4)sc4cc6sc7ccccc7c6cc45)c4ccccc34)ccc12. The molecule has 0 unspecified atom stereocenters. The van der Waals surface area contributed by atoms with Crippen LogP contribution in [-0.2, 0) is 0 Å². The first kappa shape index (κ1) is 25.7. The van der Waals surface area contributed by atoms with Gasteiger partial charge >= 0.3 is 0 Å². The maximum atomic E-state index is 6.34. The first-order valence-electron chi connectivity index (χ1n) is 15.9. The summed E-state index contributed by atoms with van der Waals surface area (Å²) < 4.78 is 11.7. The number of hydrogen-bond donors (Lipinski definition) is 0. The average molecular weight is 633 g/mol. The number of para-hydroxylation sites is 1. The highest BCUT2D eigenvalue weighted by atomic mass is 32.1. The van der Waals surface area contributed by atoms with Crippen molar-refractivity contribution in [2.24, 2.45) is 0 Å². The van der Waals surface area contributed by atoms with E-state index in [4.69, 9.17) is 4.42 Å². The van der Waals surface area contributed by atoms with Crippen LogP contribution in [0.2, 0.25) is 0 Å². The second-order valence-electron chi connectivity index (χ2n) is 12.4. The van der Waals surface area contributed by atoms with Gasteiger partial charge in [-0.15, -0.1) is 22.7 Å². The van der Waals surface area contributed by atoms with Gasteiger partial charge < -0.3 is 4.42 Å². The molecule has 3 aromatic heterocycles. The molecule has 0 saturated carbocycles. The van der Waals surface area contributed by atoms with E-state index in [0.29, 0.717) is 0 Å². The Hall–Kier alpha value is -5.48. The number of fused-ring (bicyclic) bond motifs is 11. The molecular weight excluding hydrogens is 609 g/mol. The zero-order valence-corrected chi connectivity index (χ0v) is 26.7. The van der Waals surface area contributed by atoms with Crippen LogP contribution in [0, 0.1) is 0 Å². The third-order valence-corrected chi connectivity index (χ3v) is 12.1. The molecule has 0 aliphatic heterocycles. The van der Waals surface area contributed by atoms with Gasteiger partial charge in [0, 0.05) is 51.1 Å². The standard InChI is InChI=1S/C44H24OS2/c1-3-13-33-31(11-1)43(25-17-19-28-27-9-5-7-15-37(27)45-38(28)21-25)32-12-2-4-14-34(32)44(33)26-18-20-30-36-23-35-29-10-6-8-16-39(29)46-41(35)24-42(36)47-40(30)22-26/h1-24H. The Morgan fingerprint density at radius 1 is 0.298 bits per heavy atom. The van der Waals surface area contributed by atoms with Crippen molar-refractivity contribution in [1.82, 2.24) is 0 Å². The summed E-state index contributed by atoms with van der Waals surface area (Å²) in [6.07, 6.45) is 0. The van der Waals surface area contributed by atoms with Gasteiger partial charge in [-0.1, -0.05) is 103 Å². The summed E-state index contributed by atoms with van der Waals surface area (Å²) in [5, 5.41) is 12.7. The monoisotopic (exact) mass is 632 g/mol. The minimum absolute atomic E-state index is 0.920. The van der Waals surface area contributed by atoms with Crippen LogP contribution in [0.4, 0.5) is 0 Å². The highest BCUT2D eigenvalue weighted by Crippen LogP contribution is 2.47. The molecule has 0 bridgehead atoms. The van der Waals surface area contributed by atoms with Crippen molar-refractivity contribution < 1.29 is 4.42 Å². The van der Waals surface area contributed by atoms with E-state index in [-0.39, 0.29) is 0 Å². The van der Waals surface area contributed by atoms with Crippen molar-refractivity contribution >= 4 is 107 Å². The van der Waals surface area contributed by atoms with Crippen LogP contribution < -0.4 is 0 Å². The molecule has 0 fully saturated rings. The van der Waals surface area contributed by atoms with Crippen LogP contribution in [0.5, 0.6) is 0 Å². The zero-order valence-electron chi connectivity index (χ0n) is 25.1. The largest absolute Gasteiger partial charge is 0.456 e. The van der Waals surface area contributed by atoms with E-state index in [0.717, 1.165) is 21.9 Å². The molecule has 47 heavy (non-hydrogen) atoms. The van der Waals surface area contributed by atoms with Crippen molar-refractivity contribution in [3.8, 4) is 22.3 Å². The summed E-state index contributed by atoms with van der Waals surface area (Å²) in [4.78, 5) is 0. The van der Waals surface area contributed by atoms with E-state index < -0.39 is 0 Å². The number of furan rings is 1. The van der Waals surface area contributed by atoms with E-state index in [1.165, 1.54) is 84.1 Å². The molecule has 0 amide bonds. The lowest BCUT2D eigenvalue weighted by atomic mass is 9.85. The van der Waals surface area contributed by atoms with Gasteiger partial charge in [0.05, 0.1) is 0 Å². The van der Waals surface area contributed by atoms with Crippen molar-refractivity contribution in [2.75, 3.05) is 0 Å². The smallest absolute Gasteiger partial charge is 0.136 e. The summed E-state index contributed by atoms with van der Waals surface area (Å²) in [5.74, 6) is 0. The van der Waals surface area contributed by atoms with Gasteiger partial charge in [-0.05, 0) is 86.3 Å². The Morgan fingerprint density at radius 3 is 1.45 bits per heavy atom. The van der Waals surface area contributed by atoms with Crippen LogP contribution >= 0.6 is 22.7 Å². The molecule has 0 spiro atoms. The predicted octanol–water partition coefficient (Wildman–Crippen LogP) is 14.0. The molecule has 0 aliphatic carbocycles. The maximum Gasteiger partial charge on any atom is 0.136 e. The van der Waals surface area contributed by atoms with Gasteiger partial charge in [-0.3, -0.25) is 0 Å². The zero-order chi connectivity index (χ0) is 30.6. The lowest BCUT2D eigenvalue weighted by molar-refractivity contribution is 0.669. The van der Waals surface area contributed by atoms with Gasteiger partial charge in [0.25, 0.3) is 0 Å². The molecule has 0 saturated heterocycles. The first-order chi connectivity index (χ1) is 23.3. The predicted molar refractivity (Wildman–Crippen MR) is 205 cm³/mol. The molecule has 1 nitrogen and oxygen atoms in total. The lowest BCUT2D eigenvalue weighted by Crippen LogP contribution is -1.90. The van der Waals surface area contributed by atoms with Gasteiger partial charge in [0.1, 0.15) is 11.2 Å². The molecule has 11 rings (SSSR count). The van der Waals surface area contributed by atoms with Crippen LogP contribution in [0.3, 0.4) is 0 Å². The van der Waals surface area contributed by atoms with Crippen molar-refractivity contribution in [1.29, 1.82) is 0 Å². The molecule has 3 heteroatoms. The number of thiophene rings is 2. The van der Waals surface area contributed by atoms with Crippen LogP contribution in [0.1, 0.15) is 0 Å². The summed E-state index contributed by atoms with van der Waals surface area (Å²) in [6.45, 7) is 0. The second-order valence-corrected chi connectivity index (χ2v) is 14.6. The van der Waals surface area contributed by atoms with E-state index in [1.54, 1.807) is 0 Å². The maximum absolute atomic E-state index is 6.34. The van der Waals surface area contributed by atoms with Crippen LogP contribution in [0.15, 0.2) is 150 Å². The Balaban J connectivity index is 1.16. The van der Waals surface area contributed by atoms with Gasteiger partial charge in [0.2, 0.25) is 0 Å². The number of benzene rings is 8. The Kier molecular flexibility index (Phi) is 5.20. The number of hydrogen-bond acceptors (Lipinski definition) is 3. The minimum atomic E-state index is 0.920. The Labute approximate surface area is 277 Å². The lowest BCUT2D eigenvalue weighted by Gasteiger charge is -2.17. The normalized spacial score (nSPS) is 12.3. The third-order valence-electron chi connectivity index (χ3n) is 9.86. The Morgan fingerprint density at radius 2 is 0.766 bits per heavy atom. The van der Waals surface area contributed by atoms with Crippen LogP contribution in [0.25, 0.3) is 106 Å². The molecule has 0 atom stereocenters. The summed E-state index contributed by atoms with van der Waals surface area (Å²) >= 11 is 3.80. The number of rotatable bonds is 2. The third kappa shape index (κ3) is 3.64.